The molecule has 1 amide bonds. The first kappa shape index (κ1) is 26.3. The van der Waals surface area contributed by atoms with Gasteiger partial charge < -0.3 is 15.2 Å². The molecule has 0 saturated carbocycles. The fraction of sp³-hybridized carbons (Fsp3) is 0.360. The van der Waals surface area contributed by atoms with Crippen LogP contribution in [0.2, 0.25) is 0 Å². The lowest BCUT2D eigenvalue weighted by molar-refractivity contribution is 0.0787. The van der Waals surface area contributed by atoms with Crippen molar-refractivity contribution in [2.45, 2.75) is 52.6 Å². The summed E-state index contributed by atoms with van der Waals surface area (Å²) in [7, 11) is 1.66. The molecule has 4 rings (SSSR count). The minimum atomic E-state index is -0.868. The maximum absolute atomic E-state index is 13.9. The second-order valence-corrected chi connectivity index (χ2v) is 9.28. The third-order valence-corrected chi connectivity index (χ3v) is 5.86. The molecule has 3 heterocycles. The topological polar surface area (TPSA) is 103 Å². The number of halogens is 2. The zero-order valence-corrected chi connectivity index (χ0v) is 21.3. The Morgan fingerprint density at radius 2 is 1.86 bits per heavy atom. The summed E-state index contributed by atoms with van der Waals surface area (Å²) in [4.78, 5) is 23.5. The van der Waals surface area contributed by atoms with E-state index in [1.54, 1.807) is 24.0 Å². The quantitative estimate of drug-likeness (QED) is 0.481. The summed E-state index contributed by atoms with van der Waals surface area (Å²) < 4.78 is 21.3. The van der Waals surface area contributed by atoms with E-state index in [1.807, 2.05) is 27.7 Å². The molecule has 3 aromatic rings. The SMILES string of the molecule is CC(C)=CCC(N)(CC=C(C)C)c1nc(-c2ncn3c2CN(C)C(=O)c2cc(F)ccc2-3)no1.Cl. The predicted octanol–water partition coefficient (Wildman–Crippen LogP) is 4.94. The highest BCUT2D eigenvalue weighted by molar-refractivity contribution is 5.98. The van der Waals surface area contributed by atoms with E-state index in [-0.39, 0.29) is 30.4 Å². The Balaban J connectivity index is 0.00000342. The molecular weight excluding hydrogens is 471 g/mol. The molecule has 35 heavy (non-hydrogen) atoms. The van der Waals surface area contributed by atoms with Gasteiger partial charge in [-0.25, -0.2) is 9.37 Å². The van der Waals surface area contributed by atoms with Crippen molar-refractivity contribution in [1.29, 1.82) is 0 Å². The number of carbonyl (C=O) groups is 1. The average molecular weight is 501 g/mol. The summed E-state index contributed by atoms with van der Waals surface area (Å²) >= 11 is 0. The van der Waals surface area contributed by atoms with Crippen LogP contribution in [0.1, 0.15) is 62.5 Å². The minimum Gasteiger partial charge on any atom is -0.337 e. The Hall–Kier alpha value is -3.30. The normalized spacial score (nSPS) is 12.9. The molecular formula is C25H30ClFN6O2. The molecule has 0 aliphatic carbocycles. The standard InChI is InChI=1S/C25H29FN6O2.ClH/c1-15(2)8-10-25(27,11-9-16(3)4)24-29-22(30-34-24)21-20-13-31(5)23(33)18-12-17(26)6-7-19(18)32(20)14-28-21;/h6-9,12,14H,10-11,13,27H2,1-5H3;1H. The van der Waals surface area contributed by atoms with Crippen molar-refractivity contribution < 1.29 is 13.7 Å². The van der Waals surface area contributed by atoms with Crippen LogP contribution in [0.3, 0.4) is 0 Å². The zero-order chi connectivity index (χ0) is 24.6. The molecule has 8 nitrogen and oxygen atoms in total. The number of aromatic nitrogens is 4. The summed E-state index contributed by atoms with van der Waals surface area (Å²) in [5, 5.41) is 4.19. The molecule has 1 aromatic carbocycles. The van der Waals surface area contributed by atoms with Crippen LogP contribution >= 0.6 is 12.4 Å². The van der Waals surface area contributed by atoms with Gasteiger partial charge in [0.15, 0.2) is 0 Å². The van der Waals surface area contributed by atoms with Crippen LogP contribution in [0.5, 0.6) is 0 Å². The van der Waals surface area contributed by atoms with Gasteiger partial charge in [-0.1, -0.05) is 28.5 Å². The molecule has 1 aliphatic rings. The van der Waals surface area contributed by atoms with E-state index in [4.69, 9.17) is 10.3 Å². The Morgan fingerprint density at radius 1 is 1.20 bits per heavy atom. The number of nitrogens with two attached hydrogens (primary N) is 1. The molecule has 0 spiro atoms. The van der Waals surface area contributed by atoms with Crippen molar-refractivity contribution in [2.24, 2.45) is 5.73 Å². The Bertz CT molecular complexity index is 1280. The average Bonchev–Trinajstić information content (AvgIpc) is 3.41. The van der Waals surface area contributed by atoms with Crippen LogP contribution in [-0.4, -0.2) is 37.5 Å². The van der Waals surface area contributed by atoms with Gasteiger partial charge in [0.2, 0.25) is 11.7 Å². The van der Waals surface area contributed by atoms with E-state index in [2.05, 4.69) is 27.3 Å². The van der Waals surface area contributed by atoms with Crippen LogP contribution < -0.4 is 5.73 Å². The van der Waals surface area contributed by atoms with Gasteiger partial charge in [0.05, 0.1) is 23.5 Å². The highest BCUT2D eigenvalue weighted by Crippen LogP contribution is 2.32. The third-order valence-electron chi connectivity index (χ3n) is 5.86. The number of hydrogen-bond donors (Lipinski definition) is 1. The smallest absolute Gasteiger partial charge is 0.256 e. The number of carbonyl (C=O) groups excluding carboxylic acids is 1. The van der Waals surface area contributed by atoms with Crippen molar-refractivity contribution in [2.75, 3.05) is 7.05 Å². The van der Waals surface area contributed by atoms with Crippen molar-refractivity contribution in [3.8, 4) is 17.2 Å². The molecule has 0 unspecified atom stereocenters. The number of allylic oxidation sites excluding steroid dienone is 2. The van der Waals surface area contributed by atoms with Gasteiger partial charge in [0.1, 0.15) is 23.4 Å². The number of hydrogen-bond acceptors (Lipinski definition) is 6. The van der Waals surface area contributed by atoms with Gasteiger partial charge in [0, 0.05) is 7.05 Å². The molecule has 0 fully saturated rings. The first-order valence-electron chi connectivity index (χ1n) is 11.1. The van der Waals surface area contributed by atoms with Crippen LogP contribution in [-0.2, 0) is 12.1 Å². The van der Waals surface area contributed by atoms with Crippen LogP contribution in [0.15, 0.2) is 52.3 Å². The minimum absolute atomic E-state index is 0. The van der Waals surface area contributed by atoms with E-state index in [1.165, 1.54) is 17.0 Å². The Labute approximate surface area is 210 Å². The van der Waals surface area contributed by atoms with Crippen LogP contribution in [0.25, 0.3) is 17.2 Å². The Morgan fingerprint density at radius 3 is 2.49 bits per heavy atom. The van der Waals surface area contributed by atoms with Crippen LogP contribution in [0, 0.1) is 5.82 Å². The lowest BCUT2D eigenvalue weighted by Gasteiger charge is -2.23. The van der Waals surface area contributed by atoms with E-state index < -0.39 is 11.4 Å². The molecule has 0 saturated heterocycles. The number of rotatable bonds is 6. The van der Waals surface area contributed by atoms with Gasteiger partial charge in [-0.05, 0) is 58.7 Å². The molecule has 0 atom stereocenters. The molecule has 0 radical (unpaired) electrons. The number of nitrogens with zero attached hydrogens (tertiary/aromatic N) is 5. The fourth-order valence-electron chi connectivity index (χ4n) is 3.86. The van der Waals surface area contributed by atoms with Crippen molar-refractivity contribution in [3.63, 3.8) is 0 Å². The van der Waals surface area contributed by atoms with E-state index in [0.29, 0.717) is 41.6 Å². The molecule has 186 valence electrons. The summed E-state index contributed by atoms with van der Waals surface area (Å²) in [6.07, 6.45) is 6.78. The highest BCUT2D eigenvalue weighted by Gasteiger charge is 2.34. The molecule has 2 aromatic heterocycles. The molecule has 10 heteroatoms. The first-order chi connectivity index (χ1) is 16.1. The van der Waals surface area contributed by atoms with Gasteiger partial charge in [0.25, 0.3) is 5.91 Å². The monoisotopic (exact) mass is 500 g/mol. The van der Waals surface area contributed by atoms with Gasteiger partial charge in [-0.3, -0.25) is 9.36 Å². The molecule has 2 N–H and O–H groups in total. The number of benzene rings is 1. The van der Waals surface area contributed by atoms with Gasteiger partial charge in [-0.15, -0.1) is 12.4 Å². The van der Waals surface area contributed by atoms with Gasteiger partial charge >= 0.3 is 0 Å². The number of fused-ring (bicyclic) bond motifs is 3. The fourth-order valence-corrected chi connectivity index (χ4v) is 3.86. The summed E-state index contributed by atoms with van der Waals surface area (Å²) in [6, 6.07) is 4.13. The van der Waals surface area contributed by atoms with Crippen molar-refractivity contribution >= 4 is 18.3 Å². The predicted molar refractivity (Wildman–Crippen MR) is 134 cm³/mol. The van der Waals surface area contributed by atoms with E-state index in [9.17, 15) is 9.18 Å². The lowest BCUT2D eigenvalue weighted by Crippen LogP contribution is -2.36. The third kappa shape index (κ3) is 5.21. The summed E-state index contributed by atoms with van der Waals surface area (Å²) in [5.74, 6) is -0.138. The second kappa shape index (κ2) is 10.1. The first-order valence-corrected chi connectivity index (χ1v) is 11.1. The number of amides is 1. The number of imidazole rings is 1. The highest BCUT2D eigenvalue weighted by atomic mass is 35.5. The summed E-state index contributed by atoms with van der Waals surface area (Å²) in [6.45, 7) is 8.31. The zero-order valence-electron chi connectivity index (χ0n) is 20.5. The van der Waals surface area contributed by atoms with E-state index >= 15 is 0 Å². The van der Waals surface area contributed by atoms with E-state index in [0.717, 1.165) is 11.1 Å². The summed E-state index contributed by atoms with van der Waals surface area (Å²) in [5.41, 5.74) is 10.2. The molecule has 1 aliphatic heterocycles. The second-order valence-electron chi connectivity index (χ2n) is 9.28. The lowest BCUT2D eigenvalue weighted by atomic mass is 9.90. The van der Waals surface area contributed by atoms with Crippen LogP contribution in [0.4, 0.5) is 4.39 Å². The van der Waals surface area contributed by atoms with Gasteiger partial charge in [-0.2, -0.15) is 4.98 Å². The largest absolute Gasteiger partial charge is 0.337 e. The Kier molecular flexibility index (Phi) is 7.62. The maximum atomic E-state index is 13.9. The maximum Gasteiger partial charge on any atom is 0.256 e. The molecule has 0 bridgehead atoms. The van der Waals surface area contributed by atoms with Crippen molar-refractivity contribution in [3.05, 3.63) is 70.8 Å². The van der Waals surface area contributed by atoms with Crippen molar-refractivity contribution in [1.82, 2.24) is 24.6 Å².